The maximum Gasteiger partial charge on any atom is 0.492 e. The van der Waals surface area contributed by atoms with Crippen LogP contribution in [0.4, 0.5) is 0 Å². The Morgan fingerprint density at radius 3 is 2.81 bits per heavy atom. The van der Waals surface area contributed by atoms with E-state index in [1.54, 1.807) is 30.2 Å². The van der Waals surface area contributed by atoms with Crippen molar-refractivity contribution in [2.24, 2.45) is 7.05 Å². The smallest absolute Gasteiger partial charge is 0.492 e. The number of ether oxygens (including phenoxy) is 1. The zero-order valence-corrected chi connectivity index (χ0v) is 11.8. The van der Waals surface area contributed by atoms with Crippen molar-refractivity contribution in [1.29, 1.82) is 0 Å². The number of benzene rings is 1. The fourth-order valence-corrected chi connectivity index (χ4v) is 1.92. The van der Waals surface area contributed by atoms with Crippen LogP contribution in [0.1, 0.15) is 15.9 Å². The van der Waals surface area contributed by atoms with Crippen LogP contribution in [0.2, 0.25) is 0 Å². The summed E-state index contributed by atoms with van der Waals surface area (Å²) in [6, 6.07) is 4.47. The van der Waals surface area contributed by atoms with Gasteiger partial charge in [0.25, 0.3) is 5.91 Å². The van der Waals surface area contributed by atoms with Crippen LogP contribution >= 0.6 is 0 Å². The third-order valence-corrected chi connectivity index (χ3v) is 2.98. The number of carbonyl (C=O) groups is 1. The SMILES string of the molecule is COc1ccc(C(=O)NCc2cnn(C)c2)cc1B(O)O. The molecule has 7 nitrogen and oxygen atoms in total. The predicted molar refractivity (Wildman–Crippen MR) is 77.2 cm³/mol. The molecule has 1 amide bonds. The summed E-state index contributed by atoms with van der Waals surface area (Å²) >= 11 is 0. The standard InChI is InChI=1S/C13H16BN3O4/c1-17-8-9(7-16-17)6-15-13(18)10-3-4-12(21-2)11(5-10)14(19)20/h3-5,7-8,19-20H,6H2,1-2H3,(H,15,18). The van der Waals surface area contributed by atoms with Crippen LogP contribution in [0.5, 0.6) is 5.75 Å². The first-order chi connectivity index (χ1) is 10.0. The predicted octanol–water partition coefficient (Wildman–Crippen LogP) is -0.962. The maximum atomic E-state index is 12.1. The van der Waals surface area contributed by atoms with E-state index in [0.717, 1.165) is 5.56 Å². The Morgan fingerprint density at radius 2 is 2.24 bits per heavy atom. The molecule has 21 heavy (non-hydrogen) atoms. The lowest BCUT2D eigenvalue weighted by Crippen LogP contribution is -2.33. The summed E-state index contributed by atoms with van der Waals surface area (Å²) in [4.78, 5) is 12.1. The minimum atomic E-state index is -1.70. The number of aromatic nitrogens is 2. The van der Waals surface area contributed by atoms with E-state index in [1.165, 1.54) is 19.2 Å². The van der Waals surface area contributed by atoms with Gasteiger partial charge in [-0.25, -0.2) is 0 Å². The molecule has 2 aromatic rings. The molecule has 0 bridgehead atoms. The topological polar surface area (TPSA) is 96.6 Å². The highest BCUT2D eigenvalue weighted by molar-refractivity contribution is 6.59. The number of rotatable bonds is 5. The minimum Gasteiger partial charge on any atom is -0.497 e. The average molecular weight is 289 g/mol. The van der Waals surface area contributed by atoms with E-state index in [-0.39, 0.29) is 11.4 Å². The fraction of sp³-hybridized carbons (Fsp3) is 0.231. The molecule has 1 aromatic carbocycles. The summed E-state index contributed by atoms with van der Waals surface area (Å²) in [6.07, 6.45) is 3.47. The van der Waals surface area contributed by atoms with Crippen molar-refractivity contribution in [3.63, 3.8) is 0 Å². The van der Waals surface area contributed by atoms with Gasteiger partial charge in [0.15, 0.2) is 0 Å². The van der Waals surface area contributed by atoms with Gasteiger partial charge in [0.1, 0.15) is 5.75 Å². The van der Waals surface area contributed by atoms with E-state index in [4.69, 9.17) is 4.74 Å². The normalized spacial score (nSPS) is 10.3. The Hall–Kier alpha value is -2.32. The van der Waals surface area contributed by atoms with Crippen LogP contribution in [-0.2, 0) is 13.6 Å². The van der Waals surface area contributed by atoms with E-state index in [0.29, 0.717) is 17.9 Å². The Bertz CT molecular complexity index is 642. The second kappa shape index (κ2) is 6.42. The van der Waals surface area contributed by atoms with E-state index in [2.05, 4.69) is 10.4 Å². The molecular formula is C13H16BN3O4. The summed E-state index contributed by atoms with van der Waals surface area (Å²) in [6.45, 7) is 0.343. The third-order valence-electron chi connectivity index (χ3n) is 2.98. The molecule has 1 aromatic heterocycles. The largest absolute Gasteiger partial charge is 0.497 e. The summed E-state index contributed by atoms with van der Waals surface area (Å²) in [7, 11) is 1.51. The van der Waals surface area contributed by atoms with E-state index < -0.39 is 7.12 Å². The van der Waals surface area contributed by atoms with Crippen molar-refractivity contribution in [3.8, 4) is 5.75 Å². The van der Waals surface area contributed by atoms with Crippen molar-refractivity contribution in [1.82, 2.24) is 15.1 Å². The zero-order chi connectivity index (χ0) is 15.4. The number of nitrogens with zero attached hydrogens (tertiary/aromatic N) is 2. The molecule has 0 spiro atoms. The van der Waals surface area contributed by atoms with Crippen molar-refractivity contribution in [2.45, 2.75) is 6.54 Å². The second-order valence-electron chi connectivity index (χ2n) is 4.54. The minimum absolute atomic E-state index is 0.145. The van der Waals surface area contributed by atoms with Crippen molar-refractivity contribution in [3.05, 3.63) is 41.7 Å². The van der Waals surface area contributed by atoms with Crippen LogP contribution < -0.4 is 15.5 Å². The molecule has 0 radical (unpaired) electrons. The third kappa shape index (κ3) is 3.62. The van der Waals surface area contributed by atoms with Gasteiger partial charge in [0.05, 0.1) is 13.3 Å². The van der Waals surface area contributed by atoms with Crippen molar-refractivity contribution >= 4 is 18.5 Å². The van der Waals surface area contributed by atoms with Gasteiger partial charge in [-0.2, -0.15) is 5.10 Å². The van der Waals surface area contributed by atoms with Crippen LogP contribution in [0, 0.1) is 0 Å². The van der Waals surface area contributed by atoms with Crippen LogP contribution in [0.25, 0.3) is 0 Å². The molecule has 1 heterocycles. The molecule has 3 N–H and O–H groups in total. The highest BCUT2D eigenvalue weighted by Crippen LogP contribution is 2.10. The molecule has 8 heteroatoms. The van der Waals surface area contributed by atoms with Crippen LogP contribution in [0.3, 0.4) is 0 Å². The van der Waals surface area contributed by atoms with Crippen molar-refractivity contribution < 1.29 is 19.6 Å². The highest BCUT2D eigenvalue weighted by atomic mass is 16.5. The number of amides is 1. The molecular weight excluding hydrogens is 273 g/mol. The van der Waals surface area contributed by atoms with E-state index >= 15 is 0 Å². The molecule has 110 valence electrons. The Labute approximate surface area is 122 Å². The summed E-state index contributed by atoms with van der Waals surface area (Å²) in [5.41, 5.74) is 1.34. The average Bonchev–Trinajstić information content (AvgIpc) is 2.89. The molecule has 0 aliphatic carbocycles. The number of methoxy groups -OCH3 is 1. The first-order valence-corrected chi connectivity index (χ1v) is 6.31. The Morgan fingerprint density at radius 1 is 1.48 bits per heavy atom. The first kappa shape index (κ1) is 15.1. The van der Waals surface area contributed by atoms with Gasteiger partial charge >= 0.3 is 7.12 Å². The van der Waals surface area contributed by atoms with Gasteiger partial charge in [-0.3, -0.25) is 9.48 Å². The first-order valence-electron chi connectivity index (χ1n) is 6.31. The van der Waals surface area contributed by atoms with Crippen molar-refractivity contribution in [2.75, 3.05) is 7.11 Å². The number of carbonyl (C=O) groups excluding carboxylic acids is 1. The Kier molecular flexibility index (Phi) is 4.61. The fourth-order valence-electron chi connectivity index (χ4n) is 1.92. The van der Waals surface area contributed by atoms with Gasteiger partial charge in [0.2, 0.25) is 0 Å². The lowest BCUT2D eigenvalue weighted by molar-refractivity contribution is 0.0951. The summed E-state index contributed by atoms with van der Waals surface area (Å²) in [5.74, 6) is -0.00258. The number of aryl methyl sites for hydroxylation is 1. The maximum absolute atomic E-state index is 12.1. The number of nitrogens with one attached hydrogen (secondary N) is 1. The molecule has 0 aliphatic heterocycles. The lowest BCUT2D eigenvalue weighted by atomic mass is 9.78. The highest BCUT2D eigenvalue weighted by Gasteiger charge is 2.19. The molecule has 0 unspecified atom stereocenters. The molecule has 0 atom stereocenters. The molecule has 0 fully saturated rings. The van der Waals surface area contributed by atoms with Gasteiger partial charge in [-0.05, 0) is 18.2 Å². The summed E-state index contributed by atoms with van der Waals surface area (Å²) in [5, 5.41) is 25.3. The van der Waals surface area contributed by atoms with Gasteiger partial charge < -0.3 is 20.1 Å². The quantitative estimate of drug-likeness (QED) is 0.616. The monoisotopic (exact) mass is 289 g/mol. The lowest BCUT2D eigenvalue weighted by Gasteiger charge is -2.10. The molecule has 2 rings (SSSR count). The van der Waals surface area contributed by atoms with Gasteiger partial charge in [0, 0.05) is 36.4 Å². The van der Waals surface area contributed by atoms with Crippen LogP contribution in [0.15, 0.2) is 30.6 Å². The number of hydrogen-bond acceptors (Lipinski definition) is 5. The number of hydrogen-bond donors (Lipinski definition) is 3. The van der Waals surface area contributed by atoms with Gasteiger partial charge in [-0.15, -0.1) is 0 Å². The van der Waals surface area contributed by atoms with E-state index in [9.17, 15) is 14.8 Å². The van der Waals surface area contributed by atoms with Gasteiger partial charge in [-0.1, -0.05) is 0 Å². The summed E-state index contributed by atoms with van der Waals surface area (Å²) < 4.78 is 6.66. The Balaban J connectivity index is 2.10. The molecule has 0 saturated carbocycles. The molecule has 0 aliphatic rings. The van der Waals surface area contributed by atoms with Crippen LogP contribution in [-0.4, -0.2) is 40.0 Å². The van der Waals surface area contributed by atoms with E-state index in [1.807, 2.05) is 0 Å². The zero-order valence-electron chi connectivity index (χ0n) is 11.8. The second-order valence-corrected chi connectivity index (χ2v) is 4.54. The molecule has 0 saturated heterocycles.